The number of hydrogen-bond donors (Lipinski definition) is 0. The van der Waals surface area contributed by atoms with E-state index < -0.39 is 5.97 Å². The molecule has 0 saturated heterocycles. The van der Waals surface area contributed by atoms with Gasteiger partial charge in [-0.1, -0.05) is 12.1 Å². The Morgan fingerprint density at radius 3 is 2.85 bits per heavy atom. The van der Waals surface area contributed by atoms with E-state index in [9.17, 15) is 9.59 Å². The first-order chi connectivity index (χ1) is 9.65. The van der Waals surface area contributed by atoms with Gasteiger partial charge in [0, 0.05) is 18.7 Å². The van der Waals surface area contributed by atoms with Crippen LogP contribution in [0.2, 0.25) is 0 Å². The maximum atomic E-state index is 12.1. The predicted molar refractivity (Wildman–Crippen MR) is 73.4 cm³/mol. The highest BCUT2D eigenvalue weighted by Crippen LogP contribution is 2.28. The highest BCUT2D eigenvalue weighted by atomic mass is 16.5. The first-order valence-corrected chi connectivity index (χ1v) is 6.73. The minimum absolute atomic E-state index is 0.194. The molecule has 1 amide bonds. The summed E-state index contributed by atoms with van der Waals surface area (Å²) < 4.78 is 10.1. The summed E-state index contributed by atoms with van der Waals surface area (Å²) in [6.45, 7) is 3.13. The topological polar surface area (TPSA) is 55.8 Å². The Morgan fingerprint density at radius 1 is 1.35 bits per heavy atom. The molecule has 0 fully saturated rings. The van der Waals surface area contributed by atoms with Crippen molar-refractivity contribution in [3.8, 4) is 5.75 Å². The van der Waals surface area contributed by atoms with Crippen LogP contribution >= 0.6 is 0 Å². The fourth-order valence-corrected chi connectivity index (χ4v) is 2.40. The van der Waals surface area contributed by atoms with Gasteiger partial charge in [0.05, 0.1) is 13.7 Å². The standard InChI is InChI=1S/C15H19NO4/c1-3-20-15(18)9-14(17)16-8-7-11-5-4-6-13(19-2)12(11)10-16/h4-6H,3,7-10H2,1-2H3. The highest BCUT2D eigenvalue weighted by molar-refractivity contribution is 5.94. The quantitative estimate of drug-likeness (QED) is 0.618. The molecule has 1 heterocycles. The van der Waals surface area contributed by atoms with Crippen LogP contribution in [0.4, 0.5) is 0 Å². The fraction of sp³-hybridized carbons (Fsp3) is 0.467. The molecule has 20 heavy (non-hydrogen) atoms. The second-order valence-corrected chi connectivity index (χ2v) is 4.65. The van der Waals surface area contributed by atoms with Crippen molar-refractivity contribution in [2.45, 2.75) is 26.3 Å². The van der Waals surface area contributed by atoms with Gasteiger partial charge in [0.2, 0.25) is 5.91 Å². The van der Waals surface area contributed by atoms with Crippen molar-refractivity contribution >= 4 is 11.9 Å². The van der Waals surface area contributed by atoms with Gasteiger partial charge >= 0.3 is 5.97 Å². The van der Waals surface area contributed by atoms with Gasteiger partial charge in [-0.3, -0.25) is 9.59 Å². The van der Waals surface area contributed by atoms with Gasteiger partial charge in [-0.2, -0.15) is 0 Å². The normalized spacial score (nSPS) is 13.6. The molecule has 0 N–H and O–H groups in total. The molecule has 1 aromatic carbocycles. The van der Waals surface area contributed by atoms with Crippen molar-refractivity contribution in [2.75, 3.05) is 20.3 Å². The molecule has 0 bridgehead atoms. The molecule has 0 aromatic heterocycles. The molecule has 2 rings (SSSR count). The number of methoxy groups -OCH3 is 1. The number of carbonyl (C=O) groups excluding carboxylic acids is 2. The van der Waals surface area contributed by atoms with E-state index in [2.05, 4.69) is 0 Å². The molecular formula is C15H19NO4. The number of carbonyl (C=O) groups is 2. The lowest BCUT2D eigenvalue weighted by Gasteiger charge is -2.29. The Kier molecular flexibility index (Phi) is 4.61. The number of benzene rings is 1. The molecule has 5 nitrogen and oxygen atoms in total. The number of amides is 1. The van der Waals surface area contributed by atoms with Crippen molar-refractivity contribution < 1.29 is 19.1 Å². The molecule has 0 aliphatic carbocycles. The van der Waals surface area contributed by atoms with E-state index in [1.54, 1.807) is 18.9 Å². The largest absolute Gasteiger partial charge is 0.496 e. The molecule has 5 heteroatoms. The molecule has 1 aliphatic rings. The first kappa shape index (κ1) is 14.4. The van der Waals surface area contributed by atoms with Gasteiger partial charge in [0.15, 0.2) is 0 Å². The fourth-order valence-electron chi connectivity index (χ4n) is 2.40. The van der Waals surface area contributed by atoms with Crippen molar-refractivity contribution in [3.05, 3.63) is 29.3 Å². The van der Waals surface area contributed by atoms with Crippen molar-refractivity contribution in [1.29, 1.82) is 0 Å². The van der Waals surface area contributed by atoms with E-state index in [1.165, 1.54) is 5.56 Å². The predicted octanol–water partition coefficient (Wildman–Crippen LogP) is 1.53. The summed E-state index contributed by atoms with van der Waals surface area (Å²) >= 11 is 0. The number of hydrogen-bond acceptors (Lipinski definition) is 4. The van der Waals surface area contributed by atoms with Gasteiger partial charge in [-0.25, -0.2) is 0 Å². The lowest BCUT2D eigenvalue weighted by atomic mass is 9.98. The third kappa shape index (κ3) is 3.10. The van der Waals surface area contributed by atoms with Crippen LogP contribution in [-0.4, -0.2) is 37.0 Å². The zero-order valence-corrected chi connectivity index (χ0v) is 11.8. The molecule has 0 radical (unpaired) electrons. The summed E-state index contributed by atoms with van der Waals surface area (Å²) in [6.07, 6.45) is 0.583. The minimum Gasteiger partial charge on any atom is -0.496 e. The maximum Gasteiger partial charge on any atom is 0.315 e. The van der Waals surface area contributed by atoms with Crippen LogP contribution < -0.4 is 4.74 Å². The zero-order chi connectivity index (χ0) is 14.5. The van der Waals surface area contributed by atoms with Gasteiger partial charge in [0.1, 0.15) is 12.2 Å². The lowest BCUT2D eigenvalue weighted by molar-refractivity contribution is -0.148. The Morgan fingerprint density at radius 2 is 2.15 bits per heavy atom. The van der Waals surface area contributed by atoms with Crippen LogP contribution in [0.15, 0.2) is 18.2 Å². The Bertz CT molecular complexity index is 498. The molecular weight excluding hydrogens is 258 g/mol. The second kappa shape index (κ2) is 6.41. The molecule has 0 saturated carbocycles. The number of rotatable bonds is 4. The van der Waals surface area contributed by atoms with Crippen LogP contribution in [0, 0.1) is 0 Å². The number of nitrogens with zero attached hydrogens (tertiary/aromatic N) is 1. The molecule has 0 spiro atoms. The number of fused-ring (bicyclic) bond motifs is 1. The molecule has 1 aliphatic heterocycles. The Hall–Kier alpha value is -2.04. The smallest absolute Gasteiger partial charge is 0.315 e. The number of ether oxygens (including phenoxy) is 2. The van der Waals surface area contributed by atoms with Gasteiger partial charge in [-0.15, -0.1) is 0 Å². The SMILES string of the molecule is CCOC(=O)CC(=O)N1CCc2cccc(OC)c2C1. The third-order valence-electron chi connectivity index (χ3n) is 3.40. The zero-order valence-electron chi connectivity index (χ0n) is 11.8. The number of esters is 1. The average molecular weight is 277 g/mol. The summed E-state index contributed by atoms with van der Waals surface area (Å²) in [4.78, 5) is 25.1. The van der Waals surface area contributed by atoms with E-state index in [0.29, 0.717) is 19.7 Å². The summed E-state index contributed by atoms with van der Waals surface area (Å²) in [7, 11) is 1.62. The van der Waals surface area contributed by atoms with Crippen LogP contribution in [-0.2, 0) is 27.3 Å². The average Bonchev–Trinajstić information content (AvgIpc) is 2.46. The van der Waals surface area contributed by atoms with E-state index in [1.807, 2.05) is 18.2 Å². The van der Waals surface area contributed by atoms with Gasteiger partial charge in [0.25, 0.3) is 0 Å². The van der Waals surface area contributed by atoms with E-state index in [-0.39, 0.29) is 12.3 Å². The minimum atomic E-state index is -0.469. The van der Waals surface area contributed by atoms with E-state index in [0.717, 1.165) is 17.7 Å². The summed E-state index contributed by atoms with van der Waals surface area (Å²) in [6, 6.07) is 5.89. The monoisotopic (exact) mass is 277 g/mol. The first-order valence-electron chi connectivity index (χ1n) is 6.73. The van der Waals surface area contributed by atoms with E-state index in [4.69, 9.17) is 9.47 Å². The van der Waals surface area contributed by atoms with Crippen LogP contribution in [0.1, 0.15) is 24.5 Å². The van der Waals surface area contributed by atoms with Crippen LogP contribution in [0.25, 0.3) is 0 Å². The van der Waals surface area contributed by atoms with Crippen molar-refractivity contribution in [3.63, 3.8) is 0 Å². The Balaban J connectivity index is 2.07. The third-order valence-corrected chi connectivity index (χ3v) is 3.40. The maximum absolute atomic E-state index is 12.1. The second-order valence-electron chi connectivity index (χ2n) is 4.65. The molecule has 1 aromatic rings. The van der Waals surface area contributed by atoms with Crippen molar-refractivity contribution in [1.82, 2.24) is 4.90 Å². The molecule has 0 atom stereocenters. The van der Waals surface area contributed by atoms with Gasteiger partial charge < -0.3 is 14.4 Å². The van der Waals surface area contributed by atoms with Crippen LogP contribution in [0.3, 0.4) is 0 Å². The van der Waals surface area contributed by atoms with Crippen molar-refractivity contribution in [2.24, 2.45) is 0 Å². The molecule has 0 unspecified atom stereocenters. The Labute approximate surface area is 118 Å². The lowest BCUT2D eigenvalue weighted by Crippen LogP contribution is -2.37. The van der Waals surface area contributed by atoms with E-state index >= 15 is 0 Å². The molecule has 108 valence electrons. The summed E-state index contributed by atoms with van der Waals surface area (Å²) in [5.41, 5.74) is 2.22. The van der Waals surface area contributed by atoms with Crippen LogP contribution in [0.5, 0.6) is 5.75 Å². The summed E-state index contributed by atoms with van der Waals surface area (Å²) in [5.74, 6) is 0.125. The summed E-state index contributed by atoms with van der Waals surface area (Å²) in [5, 5.41) is 0. The highest BCUT2D eigenvalue weighted by Gasteiger charge is 2.24. The van der Waals surface area contributed by atoms with Gasteiger partial charge in [-0.05, 0) is 25.0 Å².